The number of carboxylic acids is 1. The zero-order valence-electron chi connectivity index (χ0n) is 16.3. The van der Waals surface area contributed by atoms with Crippen LogP contribution in [0.15, 0.2) is 48.5 Å². The zero-order valence-corrected chi connectivity index (χ0v) is 16.3. The van der Waals surface area contributed by atoms with E-state index in [0.29, 0.717) is 35.0 Å². The van der Waals surface area contributed by atoms with Crippen molar-refractivity contribution in [1.29, 1.82) is 0 Å². The van der Waals surface area contributed by atoms with Crippen LogP contribution in [-0.4, -0.2) is 44.9 Å². The van der Waals surface area contributed by atoms with Gasteiger partial charge in [-0.2, -0.15) is 0 Å². The summed E-state index contributed by atoms with van der Waals surface area (Å²) in [4.78, 5) is 23.9. The number of nitrogens with one attached hydrogen (secondary N) is 1. The number of aromatic nitrogens is 3. The molecule has 2 aromatic carbocycles. The first kappa shape index (κ1) is 19.3. The highest BCUT2D eigenvalue weighted by Crippen LogP contribution is 2.37. The van der Waals surface area contributed by atoms with Gasteiger partial charge in [0.25, 0.3) is 0 Å². The number of benzene rings is 2. The van der Waals surface area contributed by atoms with E-state index >= 15 is 0 Å². The van der Waals surface area contributed by atoms with Crippen LogP contribution in [0.4, 0.5) is 0 Å². The lowest BCUT2D eigenvalue weighted by molar-refractivity contribution is 0.0698. The lowest BCUT2D eigenvalue weighted by Crippen LogP contribution is -2.00. The highest BCUT2D eigenvalue weighted by molar-refractivity contribution is 6.02. The van der Waals surface area contributed by atoms with Crippen LogP contribution >= 0.6 is 0 Å². The molecule has 0 aliphatic heterocycles. The Morgan fingerprint density at radius 2 is 1.90 bits per heavy atom. The molecular weight excluding hydrogens is 386 g/mol. The number of carboxylic acid groups (broad SMARTS) is 1. The molecule has 8 heteroatoms. The molecule has 0 saturated carbocycles. The van der Waals surface area contributed by atoms with E-state index in [1.54, 1.807) is 37.4 Å². The molecule has 0 bridgehead atoms. The Morgan fingerprint density at radius 1 is 1.13 bits per heavy atom. The van der Waals surface area contributed by atoms with E-state index in [4.69, 9.17) is 9.47 Å². The van der Waals surface area contributed by atoms with Crippen molar-refractivity contribution in [3.8, 4) is 39.9 Å². The number of hydrogen-bond acceptors (Lipinski definition) is 6. The number of para-hydroxylation sites is 1. The van der Waals surface area contributed by atoms with Crippen molar-refractivity contribution in [1.82, 2.24) is 15.0 Å². The number of hydrogen-bond donors (Lipinski definition) is 3. The van der Waals surface area contributed by atoms with Crippen LogP contribution in [0.2, 0.25) is 0 Å². The number of aromatic carboxylic acids is 1. The quantitative estimate of drug-likeness (QED) is 0.442. The predicted octanol–water partition coefficient (Wildman–Crippen LogP) is 4.10. The van der Waals surface area contributed by atoms with Gasteiger partial charge in [0.1, 0.15) is 11.6 Å². The van der Waals surface area contributed by atoms with Gasteiger partial charge < -0.3 is 24.7 Å². The van der Waals surface area contributed by atoms with E-state index in [1.165, 1.54) is 6.07 Å². The van der Waals surface area contributed by atoms with Crippen LogP contribution in [-0.2, 0) is 0 Å². The Kier molecular flexibility index (Phi) is 4.97. The van der Waals surface area contributed by atoms with Crippen molar-refractivity contribution in [3.05, 3.63) is 54.1 Å². The number of rotatable bonds is 6. The molecule has 0 aliphatic rings. The predicted molar refractivity (Wildman–Crippen MR) is 111 cm³/mol. The maximum Gasteiger partial charge on any atom is 0.338 e. The molecule has 4 rings (SSSR count). The van der Waals surface area contributed by atoms with Gasteiger partial charge in [0.15, 0.2) is 17.1 Å². The summed E-state index contributed by atoms with van der Waals surface area (Å²) in [6.45, 7) is 2.19. The van der Waals surface area contributed by atoms with E-state index in [0.717, 1.165) is 5.56 Å². The highest BCUT2D eigenvalue weighted by Gasteiger charge is 2.19. The second-order valence-electron chi connectivity index (χ2n) is 6.46. The van der Waals surface area contributed by atoms with E-state index in [9.17, 15) is 15.0 Å². The normalized spacial score (nSPS) is 10.9. The Morgan fingerprint density at radius 3 is 2.57 bits per heavy atom. The first-order valence-electron chi connectivity index (χ1n) is 9.25. The lowest BCUT2D eigenvalue weighted by Gasteiger charge is -2.10. The number of ether oxygens (including phenoxy) is 2. The Balaban J connectivity index is 1.87. The second kappa shape index (κ2) is 7.75. The lowest BCUT2D eigenvalue weighted by atomic mass is 10.1. The molecule has 0 atom stereocenters. The van der Waals surface area contributed by atoms with Gasteiger partial charge in [-0.15, -0.1) is 0 Å². The number of aromatic amines is 1. The number of nitrogens with zero attached hydrogens (tertiary/aromatic N) is 2. The van der Waals surface area contributed by atoms with Gasteiger partial charge in [-0.1, -0.05) is 6.07 Å². The second-order valence-corrected chi connectivity index (χ2v) is 6.46. The molecule has 3 N–H and O–H groups in total. The molecule has 4 aromatic rings. The van der Waals surface area contributed by atoms with Gasteiger partial charge in [-0.3, -0.25) is 0 Å². The average Bonchev–Trinajstić information content (AvgIpc) is 3.18. The Labute approximate surface area is 171 Å². The number of methoxy groups -OCH3 is 1. The molecule has 0 amide bonds. The fourth-order valence-electron chi connectivity index (χ4n) is 3.18. The van der Waals surface area contributed by atoms with Gasteiger partial charge >= 0.3 is 5.97 Å². The smallest absolute Gasteiger partial charge is 0.338 e. The van der Waals surface area contributed by atoms with Gasteiger partial charge in [0.05, 0.1) is 30.5 Å². The van der Waals surface area contributed by atoms with Crippen molar-refractivity contribution in [2.75, 3.05) is 13.7 Å². The fourth-order valence-corrected chi connectivity index (χ4v) is 3.18. The fraction of sp³-hybridized carbons (Fsp3) is 0.136. The molecule has 8 nitrogen and oxygen atoms in total. The molecule has 30 heavy (non-hydrogen) atoms. The summed E-state index contributed by atoms with van der Waals surface area (Å²) in [5.74, 6) is 0.246. The van der Waals surface area contributed by atoms with Gasteiger partial charge in [-0.25, -0.2) is 14.8 Å². The molecular formula is C22H19N3O5. The summed E-state index contributed by atoms with van der Waals surface area (Å²) in [5.41, 5.74) is 1.94. The number of fused-ring (bicyclic) bond motifs is 1. The summed E-state index contributed by atoms with van der Waals surface area (Å²) in [6, 6.07) is 13.6. The topological polar surface area (TPSA) is 118 Å². The molecule has 0 fully saturated rings. The third-order valence-electron chi connectivity index (χ3n) is 4.63. The molecule has 2 aromatic heterocycles. The van der Waals surface area contributed by atoms with Crippen molar-refractivity contribution in [3.63, 3.8) is 0 Å². The van der Waals surface area contributed by atoms with Gasteiger partial charge in [-0.05, 0) is 49.4 Å². The zero-order chi connectivity index (χ0) is 21.3. The number of H-pyrrole nitrogens is 1. The largest absolute Gasteiger partial charge is 0.504 e. The molecule has 0 radical (unpaired) electrons. The van der Waals surface area contributed by atoms with E-state index < -0.39 is 5.97 Å². The van der Waals surface area contributed by atoms with Crippen LogP contribution in [0.5, 0.6) is 17.2 Å². The van der Waals surface area contributed by atoms with Crippen molar-refractivity contribution in [2.45, 2.75) is 6.92 Å². The standard InChI is InChI=1S/C22H19N3O5/c1-3-30-17-6-4-5-14(19(17)26)16-11-15(22(27)28)18-21(23-16)25-20(24-18)12-7-9-13(29-2)10-8-12/h4-11,26H,3H2,1-2H3,(H,27,28)(H,23,24,25). The molecule has 152 valence electrons. The summed E-state index contributed by atoms with van der Waals surface area (Å²) >= 11 is 0. The van der Waals surface area contributed by atoms with E-state index in [2.05, 4.69) is 15.0 Å². The minimum atomic E-state index is -1.13. The number of aromatic hydroxyl groups is 1. The van der Waals surface area contributed by atoms with Gasteiger partial charge in [0.2, 0.25) is 0 Å². The molecule has 0 saturated heterocycles. The SMILES string of the molecule is CCOc1cccc(-c2cc(C(=O)O)c3[nH]c(-c4ccc(OC)cc4)nc3n2)c1O. The number of carbonyl (C=O) groups is 1. The van der Waals surface area contributed by atoms with Gasteiger partial charge in [0, 0.05) is 11.1 Å². The van der Waals surface area contributed by atoms with E-state index in [-0.39, 0.29) is 22.7 Å². The van der Waals surface area contributed by atoms with E-state index in [1.807, 2.05) is 19.1 Å². The summed E-state index contributed by atoms with van der Waals surface area (Å²) in [5, 5.41) is 20.3. The molecule has 2 heterocycles. The van der Waals surface area contributed by atoms with Crippen LogP contribution in [0, 0.1) is 0 Å². The summed E-state index contributed by atoms with van der Waals surface area (Å²) in [7, 11) is 1.58. The minimum Gasteiger partial charge on any atom is -0.504 e. The van der Waals surface area contributed by atoms with Crippen molar-refractivity contribution < 1.29 is 24.5 Å². The van der Waals surface area contributed by atoms with Crippen LogP contribution in [0.25, 0.3) is 33.8 Å². The average molecular weight is 405 g/mol. The highest BCUT2D eigenvalue weighted by atomic mass is 16.5. The molecule has 0 aliphatic carbocycles. The first-order valence-corrected chi connectivity index (χ1v) is 9.25. The monoisotopic (exact) mass is 405 g/mol. The number of pyridine rings is 1. The maximum absolute atomic E-state index is 11.9. The third kappa shape index (κ3) is 3.39. The van der Waals surface area contributed by atoms with Crippen molar-refractivity contribution in [2.24, 2.45) is 0 Å². The molecule has 0 unspecified atom stereocenters. The third-order valence-corrected chi connectivity index (χ3v) is 4.63. The van der Waals surface area contributed by atoms with Crippen LogP contribution < -0.4 is 9.47 Å². The number of phenolic OH excluding ortho intramolecular Hbond substituents is 1. The first-order chi connectivity index (χ1) is 14.5. The minimum absolute atomic E-state index is 0.00322. The summed E-state index contributed by atoms with van der Waals surface area (Å²) in [6.07, 6.45) is 0. The molecule has 0 spiro atoms. The number of imidazole rings is 1. The van der Waals surface area contributed by atoms with Crippen LogP contribution in [0.1, 0.15) is 17.3 Å². The van der Waals surface area contributed by atoms with Crippen LogP contribution in [0.3, 0.4) is 0 Å². The Hall–Kier alpha value is -4.07. The maximum atomic E-state index is 11.9. The Bertz CT molecular complexity index is 1230. The summed E-state index contributed by atoms with van der Waals surface area (Å²) < 4.78 is 10.6. The number of phenols is 1. The van der Waals surface area contributed by atoms with Crippen molar-refractivity contribution >= 4 is 17.1 Å².